The van der Waals surface area contributed by atoms with Gasteiger partial charge < -0.3 is 25.8 Å². The molecule has 0 radical (unpaired) electrons. The minimum absolute atomic E-state index is 0.0374. The highest BCUT2D eigenvalue weighted by molar-refractivity contribution is 5.92. The molecule has 0 spiro atoms. The zero-order valence-corrected chi connectivity index (χ0v) is 9.53. The third kappa shape index (κ3) is 2.40. The van der Waals surface area contributed by atoms with Gasteiger partial charge in [-0.3, -0.25) is 4.79 Å². The van der Waals surface area contributed by atoms with E-state index >= 15 is 0 Å². The Bertz CT molecular complexity index is 450. The van der Waals surface area contributed by atoms with Gasteiger partial charge in [0.05, 0.1) is 12.1 Å². The quantitative estimate of drug-likeness (QED) is 0.537. The third-order valence-corrected chi connectivity index (χ3v) is 2.89. The van der Waals surface area contributed by atoms with Crippen LogP contribution < -0.4 is 16.7 Å². The molecule has 2 rings (SSSR count). The second kappa shape index (κ2) is 4.72. The molecule has 3 unspecified atom stereocenters. The van der Waals surface area contributed by atoms with Crippen LogP contribution in [0.25, 0.3) is 0 Å². The van der Waals surface area contributed by atoms with Gasteiger partial charge in [0.15, 0.2) is 0 Å². The summed E-state index contributed by atoms with van der Waals surface area (Å²) in [5.41, 5.74) is 5.59. The summed E-state index contributed by atoms with van der Waals surface area (Å²) in [6, 6.07) is -0.290. The maximum absolute atomic E-state index is 11.7. The maximum Gasteiger partial charge on any atom is 0.323 e. The predicted octanol–water partition coefficient (Wildman–Crippen LogP) is -1.06. The van der Waals surface area contributed by atoms with Crippen molar-refractivity contribution in [1.29, 1.82) is 0 Å². The number of ether oxygens (including phenoxy) is 1. The molecule has 17 heavy (non-hydrogen) atoms. The maximum atomic E-state index is 11.7. The summed E-state index contributed by atoms with van der Waals surface area (Å²) in [5.74, 6) is -0.354. The number of nitrogens with two attached hydrogens (primary N) is 1. The van der Waals surface area contributed by atoms with Gasteiger partial charge in [-0.2, -0.15) is 0 Å². The predicted molar refractivity (Wildman–Crippen MR) is 60.7 cm³/mol. The van der Waals surface area contributed by atoms with E-state index < -0.39 is 5.69 Å². The van der Waals surface area contributed by atoms with Crippen molar-refractivity contribution in [2.75, 3.05) is 6.61 Å². The molecule has 1 aliphatic rings. The Labute approximate surface area is 97.7 Å². The van der Waals surface area contributed by atoms with E-state index in [0.717, 1.165) is 6.42 Å². The molecule has 1 saturated carbocycles. The summed E-state index contributed by atoms with van der Waals surface area (Å²) >= 11 is 0. The van der Waals surface area contributed by atoms with Crippen LogP contribution in [0, 0.1) is 0 Å². The first-order valence-electron chi connectivity index (χ1n) is 5.57. The van der Waals surface area contributed by atoms with Gasteiger partial charge in [0.2, 0.25) is 0 Å². The van der Waals surface area contributed by atoms with E-state index in [-0.39, 0.29) is 29.8 Å². The molecule has 1 heterocycles. The lowest BCUT2D eigenvalue weighted by Gasteiger charge is -2.42. The van der Waals surface area contributed by atoms with Crippen LogP contribution in [0.3, 0.4) is 0 Å². The number of hydrogen-bond donors (Lipinski definition) is 4. The van der Waals surface area contributed by atoms with Gasteiger partial charge in [0.25, 0.3) is 5.91 Å². The first-order valence-corrected chi connectivity index (χ1v) is 5.57. The number of amides is 1. The van der Waals surface area contributed by atoms with Gasteiger partial charge in [-0.25, -0.2) is 4.79 Å². The Kier molecular flexibility index (Phi) is 3.30. The van der Waals surface area contributed by atoms with E-state index in [4.69, 9.17) is 10.5 Å². The fourth-order valence-electron chi connectivity index (χ4n) is 1.91. The molecule has 1 fully saturated rings. The lowest BCUT2D eigenvalue weighted by atomic mass is 9.83. The van der Waals surface area contributed by atoms with Crippen molar-refractivity contribution in [1.82, 2.24) is 15.3 Å². The molecule has 5 N–H and O–H groups in total. The number of carbonyl (C=O) groups excluding carboxylic acids is 1. The molecule has 0 bridgehead atoms. The van der Waals surface area contributed by atoms with Crippen molar-refractivity contribution in [3.05, 3.63) is 22.4 Å². The van der Waals surface area contributed by atoms with Gasteiger partial charge >= 0.3 is 5.69 Å². The van der Waals surface area contributed by atoms with Crippen LogP contribution in [0.4, 0.5) is 0 Å². The zero-order valence-electron chi connectivity index (χ0n) is 9.53. The molecule has 0 saturated heterocycles. The topological polar surface area (TPSA) is 113 Å². The fraction of sp³-hybridized carbons (Fsp3) is 0.600. The van der Waals surface area contributed by atoms with E-state index in [1.165, 1.54) is 6.20 Å². The number of nitrogens with one attached hydrogen (secondary N) is 3. The number of carbonyl (C=O) groups is 1. The zero-order chi connectivity index (χ0) is 12.4. The van der Waals surface area contributed by atoms with Crippen molar-refractivity contribution < 1.29 is 9.53 Å². The fourth-order valence-corrected chi connectivity index (χ4v) is 1.91. The van der Waals surface area contributed by atoms with E-state index in [9.17, 15) is 9.59 Å². The lowest BCUT2D eigenvalue weighted by Crippen LogP contribution is -2.64. The number of rotatable bonds is 4. The molecule has 1 amide bonds. The van der Waals surface area contributed by atoms with Crippen molar-refractivity contribution >= 4 is 5.91 Å². The Morgan fingerprint density at radius 2 is 2.47 bits per heavy atom. The first-order chi connectivity index (χ1) is 8.11. The summed E-state index contributed by atoms with van der Waals surface area (Å²) in [6.45, 7) is 2.48. The van der Waals surface area contributed by atoms with Crippen LogP contribution in [0.5, 0.6) is 0 Å². The van der Waals surface area contributed by atoms with Crippen LogP contribution in [0.15, 0.2) is 11.0 Å². The molecule has 1 aromatic rings. The highest BCUT2D eigenvalue weighted by Gasteiger charge is 2.40. The molecule has 1 aliphatic carbocycles. The molecule has 0 aromatic carbocycles. The summed E-state index contributed by atoms with van der Waals surface area (Å²) in [4.78, 5) is 27.4. The Balaban J connectivity index is 1.96. The third-order valence-electron chi connectivity index (χ3n) is 2.89. The van der Waals surface area contributed by atoms with Crippen LogP contribution in [-0.2, 0) is 4.74 Å². The Morgan fingerprint density at radius 3 is 3.00 bits per heavy atom. The highest BCUT2D eigenvalue weighted by Crippen LogP contribution is 2.22. The number of imidazole rings is 1. The molecular formula is C10H16N4O3. The highest BCUT2D eigenvalue weighted by atomic mass is 16.5. The van der Waals surface area contributed by atoms with Crippen LogP contribution >= 0.6 is 0 Å². The van der Waals surface area contributed by atoms with E-state index in [1.54, 1.807) is 0 Å². The molecule has 3 atom stereocenters. The van der Waals surface area contributed by atoms with E-state index in [2.05, 4.69) is 15.3 Å². The average molecular weight is 240 g/mol. The number of H-pyrrole nitrogens is 2. The summed E-state index contributed by atoms with van der Waals surface area (Å²) in [5, 5.41) is 2.75. The monoisotopic (exact) mass is 240 g/mol. The summed E-state index contributed by atoms with van der Waals surface area (Å²) < 4.78 is 5.43. The summed E-state index contributed by atoms with van der Waals surface area (Å²) in [6.07, 6.45) is 2.03. The van der Waals surface area contributed by atoms with Crippen LogP contribution in [-0.4, -0.2) is 40.7 Å². The SMILES string of the molecule is CCOC1CC(N)C1NC(=O)c1c[nH]c(=O)[nH]1. The minimum atomic E-state index is -0.408. The van der Waals surface area contributed by atoms with Gasteiger partial charge in [-0.15, -0.1) is 0 Å². The summed E-state index contributed by atoms with van der Waals surface area (Å²) in [7, 11) is 0. The first kappa shape index (κ1) is 11.9. The molecular weight excluding hydrogens is 224 g/mol. The molecule has 0 aliphatic heterocycles. The van der Waals surface area contributed by atoms with E-state index in [1.807, 2.05) is 6.92 Å². The van der Waals surface area contributed by atoms with Crippen molar-refractivity contribution in [3.63, 3.8) is 0 Å². The molecule has 94 valence electrons. The Hall–Kier alpha value is -1.60. The van der Waals surface area contributed by atoms with Crippen molar-refractivity contribution in [3.8, 4) is 0 Å². The number of hydrogen-bond acceptors (Lipinski definition) is 4. The smallest absolute Gasteiger partial charge is 0.323 e. The van der Waals surface area contributed by atoms with Crippen LogP contribution in [0.1, 0.15) is 23.8 Å². The molecule has 7 nitrogen and oxygen atoms in total. The minimum Gasteiger partial charge on any atom is -0.376 e. The van der Waals surface area contributed by atoms with Crippen LogP contribution in [0.2, 0.25) is 0 Å². The van der Waals surface area contributed by atoms with Gasteiger partial charge in [0.1, 0.15) is 5.69 Å². The second-order valence-electron chi connectivity index (χ2n) is 4.05. The Morgan fingerprint density at radius 1 is 1.71 bits per heavy atom. The van der Waals surface area contributed by atoms with Crippen molar-refractivity contribution in [2.24, 2.45) is 5.73 Å². The van der Waals surface area contributed by atoms with E-state index in [0.29, 0.717) is 6.61 Å². The van der Waals surface area contributed by atoms with Crippen molar-refractivity contribution in [2.45, 2.75) is 31.5 Å². The normalized spacial score (nSPS) is 27.5. The number of aromatic amines is 2. The number of aromatic nitrogens is 2. The molecule has 1 aromatic heterocycles. The lowest BCUT2D eigenvalue weighted by molar-refractivity contribution is -0.0300. The van der Waals surface area contributed by atoms with Gasteiger partial charge in [-0.05, 0) is 13.3 Å². The standard InChI is InChI=1S/C10H16N4O3/c1-2-17-7-3-5(11)8(7)14-9(15)6-4-12-10(16)13-6/h4-5,7-8H,2-3,11H2,1H3,(H,14,15)(H2,12,13,16). The molecule has 7 heteroatoms. The largest absolute Gasteiger partial charge is 0.376 e. The average Bonchev–Trinajstić information content (AvgIpc) is 2.72. The van der Waals surface area contributed by atoms with Gasteiger partial charge in [-0.1, -0.05) is 0 Å². The van der Waals surface area contributed by atoms with Gasteiger partial charge in [0, 0.05) is 18.8 Å². The second-order valence-corrected chi connectivity index (χ2v) is 4.05.